The molecule has 2 aromatic carbocycles. The Balaban J connectivity index is 1.84. The van der Waals surface area contributed by atoms with E-state index in [1.807, 2.05) is 18.2 Å². The van der Waals surface area contributed by atoms with Gasteiger partial charge in [-0.05, 0) is 43.5 Å². The minimum atomic E-state index is -0.371. The summed E-state index contributed by atoms with van der Waals surface area (Å²) in [7, 11) is 0. The van der Waals surface area contributed by atoms with Crippen molar-refractivity contribution in [2.45, 2.75) is 19.8 Å². The predicted octanol–water partition coefficient (Wildman–Crippen LogP) is 3.46. The van der Waals surface area contributed by atoms with Crippen LogP contribution in [-0.4, -0.2) is 19.2 Å². The molecule has 0 heterocycles. The molecule has 0 saturated heterocycles. The zero-order valence-corrected chi connectivity index (χ0v) is 12.7. The Morgan fingerprint density at radius 3 is 2.59 bits per heavy atom. The summed E-state index contributed by atoms with van der Waals surface area (Å²) in [5.41, 5.74) is 8.09. The van der Waals surface area contributed by atoms with Crippen molar-refractivity contribution >= 4 is 11.7 Å². The van der Waals surface area contributed by atoms with Crippen LogP contribution in [0.4, 0.5) is 5.69 Å². The van der Waals surface area contributed by atoms with Crippen molar-refractivity contribution in [2.75, 3.05) is 18.9 Å². The summed E-state index contributed by atoms with van der Waals surface area (Å²) in [6.07, 6.45) is 1.87. The lowest BCUT2D eigenvalue weighted by Gasteiger charge is -2.10. The molecule has 0 spiro atoms. The third-order valence-corrected chi connectivity index (χ3v) is 3.23. The van der Waals surface area contributed by atoms with Crippen molar-refractivity contribution in [2.24, 2.45) is 0 Å². The molecule has 0 aliphatic rings. The first-order valence-electron chi connectivity index (χ1n) is 7.44. The van der Waals surface area contributed by atoms with Crippen molar-refractivity contribution in [3.8, 4) is 5.75 Å². The van der Waals surface area contributed by atoms with Gasteiger partial charge in [-0.15, -0.1) is 0 Å². The van der Waals surface area contributed by atoms with Gasteiger partial charge in [-0.3, -0.25) is 0 Å². The van der Waals surface area contributed by atoms with Crippen LogP contribution < -0.4 is 10.5 Å². The third-order valence-electron chi connectivity index (χ3n) is 3.23. The Kier molecular flexibility index (Phi) is 5.83. The van der Waals surface area contributed by atoms with Crippen LogP contribution in [0.3, 0.4) is 0 Å². The molecular formula is C18H21NO3. The molecule has 4 heteroatoms. The molecule has 22 heavy (non-hydrogen) atoms. The SMILES string of the molecule is CCOC(=O)c1ccc(OCCCc2ccccc2)c(N)c1. The van der Waals surface area contributed by atoms with Crippen molar-refractivity contribution in [3.63, 3.8) is 0 Å². The van der Waals surface area contributed by atoms with E-state index in [0.717, 1.165) is 12.8 Å². The van der Waals surface area contributed by atoms with Crippen molar-refractivity contribution < 1.29 is 14.3 Å². The number of carbonyl (C=O) groups excluding carboxylic acids is 1. The van der Waals surface area contributed by atoms with Gasteiger partial charge in [0, 0.05) is 0 Å². The number of nitrogens with two attached hydrogens (primary N) is 1. The average molecular weight is 299 g/mol. The topological polar surface area (TPSA) is 61.5 Å². The highest BCUT2D eigenvalue weighted by Gasteiger charge is 2.09. The van der Waals surface area contributed by atoms with Crippen LogP contribution in [0.1, 0.15) is 29.3 Å². The Labute approximate surface area is 130 Å². The van der Waals surface area contributed by atoms with Crippen LogP contribution in [0.2, 0.25) is 0 Å². The molecule has 116 valence electrons. The molecule has 0 radical (unpaired) electrons. The number of hydrogen-bond acceptors (Lipinski definition) is 4. The fraction of sp³-hybridized carbons (Fsp3) is 0.278. The number of ether oxygens (including phenoxy) is 2. The van der Waals surface area contributed by atoms with Crippen LogP contribution in [0.15, 0.2) is 48.5 Å². The lowest BCUT2D eigenvalue weighted by molar-refractivity contribution is 0.0526. The zero-order chi connectivity index (χ0) is 15.8. The van der Waals surface area contributed by atoms with Gasteiger partial charge < -0.3 is 15.2 Å². The number of carbonyl (C=O) groups is 1. The first-order chi connectivity index (χ1) is 10.7. The lowest BCUT2D eigenvalue weighted by atomic mass is 10.1. The lowest BCUT2D eigenvalue weighted by Crippen LogP contribution is -2.07. The summed E-state index contributed by atoms with van der Waals surface area (Å²) in [6.45, 7) is 2.69. The van der Waals surface area contributed by atoms with Crippen LogP contribution in [0.5, 0.6) is 5.75 Å². The van der Waals surface area contributed by atoms with Gasteiger partial charge in [0.2, 0.25) is 0 Å². The first-order valence-corrected chi connectivity index (χ1v) is 7.44. The predicted molar refractivity (Wildman–Crippen MR) is 87.1 cm³/mol. The van der Waals surface area contributed by atoms with Crippen LogP contribution >= 0.6 is 0 Å². The molecule has 0 aliphatic carbocycles. The number of esters is 1. The molecule has 2 N–H and O–H groups in total. The quantitative estimate of drug-likeness (QED) is 0.483. The largest absolute Gasteiger partial charge is 0.491 e. The van der Waals surface area contributed by atoms with Gasteiger partial charge in [0.05, 0.1) is 24.5 Å². The summed E-state index contributed by atoms with van der Waals surface area (Å²) >= 11 is 0. The smallest absolute Gasteiger partial charge is 0.338 e. The van der Waals surface area contributed by atoms with Gasteiger partial charge in [0.1, 0.15) is 5.75 Å². The first kappa shape index (κ1) is 15.9. The molecule has 0 fully saturated rings. The van der Waals surface area contributed by atoms with Gasteiger partial charge in [-0.1, -0.05) is 30.3 Å². The van der Waals surface area contributed by atoms with Crippen LogP contribution in [0, 0.1) is 0 Å². The maximum absolute atomic E-state index is 11.6. The molecule has 0 saturated carbocycles. The normalized spacial score (nSPS) is 10.2. The molecule has 0 aliphatic heterocycles. The molecule has 2 aromatic rings. The Bertz CT molecular complexity index is 611. The average Bonchev–Trinajstić information content (AvgIpc) is 2.54. The van der Waals surface area contributed by atoms with Crippen LogP contribution in [-0.2, 0) is 11.2 Å². The van der Waals surface area contributed by atoms with E-state index in [0.29, 0.717) is 30.2 Å². The van der Waals surface area contributed by atoms with E-state index in [1.165, 1.54) is 5.56 Å². The van der Waals surface area contributed by atoms with Crippen LogP contribution in [0.25, 0.3) is 0 Å². The molecule has 0 bridgehead atoms. The number of nitrogen functional groups attached to an aromatic ring is 1. The minimum absolute atomic E-state index is 0.344. The number of hydrogen-bond donors (Lipinski definition) is 1. The fourth-order valence-electron chi connectivity index (χ4n) is 2.12. The molecule has 0 atom stereocenters. The summed E-state index contributed by atoms with van der Waals surface area (Å²) in [5.74, 6) is 0.228. The zero-order valence-electron chi connectivity index (χ0n) is 12.7. The second-order valence-electron chi connectivity index (χ2n) is 4.91. The molecule has 0 amide bonds. The molecular weight excluding hydrogens is 278 g/mol. The fourth-order valence-corrected chi connectivity index (χ4v) is 2.12. The molecule has 4 nitrogen and oxygen atoms in total. The van der Waals surface area contributed by atoms with Gasteiger partial charge in [-0.25, -0.2) is 4.79 Å². The second-order valence-corrected chi connectivity index (χ2v) is 4.91. The maximum atomic E-state index is 11.6. The van der Waals surface area contributed by atoms with Crippen molar-refractivity contribution in [1.29, 1.82) is 0 Å². The summed E-state index contributed by atoms with van der Waals surface area (Å²) in [6, 6.07) is 15.2. The van der Waals surface area contributed by atoms with E-state index in [1.54, 1.807) is 25.1 Å². The van der Waals surface area contributed by atoms with Gasteiger partial charge in [0.25, 0.3) is 0 Å². The molecule has 0 aromatic heterocycles. The Hall–Kier alpha value is -2.49. The highest BCUT2D eigenvalue weighted by molar-refractivity contribution is 5.91. The van der Waals surface area contributed by atoms with Gasteiger partial charge >= 0.3 is 5.97 Å². The monoisotopic (exact) mass is 299 g/mol. The number of benzene rings is 2. The van der Waals surface area contributed by atoms with E-state index < -0.39 is 0 Å². The molecule has 2 rings (SSSR count). The third kappa shape index (κ3) is 4.52. The highest BCUT2D eigenvalue weighted by Crippen LogP contribution is 2.23. The minimum Gasteiger partial charge on any atom is -0.491 e. The van der Waals surface area contributed by atoms with E-state index in [-0.39, 0.29) is 5.97 Å². The Morgan fingerprint density at radius 2 is 1.91 bits per heavy atom. The Morgan fingerprint density at radius 1 is 1.14 bits per heavy atom. The summed E-state index contributed by atoms with van der Waals surface area (Å²) < 4.78 is 10.6. The number of aryl methyl sites for hydroxylation is 1. The van der Waals surface area contributed by atoms with E-state index in [9.17, 15) is 4.79 Å². The van der Waals surface area contributed by atoms with E-state index >= 15 is 0 Å². The van der Waals surface area contributed by atoms with E-state index in [4.69, 9.17) is 15.2 Å². The number of anilines is 1. The maximum Gasteiger partial charge on any atom is 0.338 e. The molecule has 0 unspecified atom stereocenters. The van der Waals surface area contributed by atoms with E-state index in [2.05, 4.69) is 12.1 Å². The van der Waals surface area contributed by atoms with Crippen molar-refractivity contribution in [1.82, 2.24) is 0 Å². The highest BCUT2D eigenvalue weighted by atomic mass is 16.5. The van der Waals surface area contributed by atoms with Gasteiger partial charge in [-0.2, -0.15) is 0 Å². The second kappa shape index (κ2) is 8.08. The standard InChI is InChI=1S/C18H21NO3/c1-2-21-18(20)15-10-11-17(16(19)13-15)22-12-6-9-14-7-4-3-5-8-14/h3-5,7-8,10-11,13H,2,6,9,12,19H2,1H3. The number of rotatable bonds is 7. The van der Waals surface area contributed by atoms with Crippen molar-refractivity contribution in [3.05, 3.63) is 59.7 Å². The van der Waals surface area contributed by atoms with Gasteiger partial charge in [0.15, 0.2) is 0 Å². The summed E-state index contributed by atoms with van der Waals surface area (Å²) in [4.78, 5) is 11.6. The summed E-state index contributed by atoms with van der Waals surface area (Å²) in [5, 5.41) is 0.